The molecule has 0 aromatic heterocycles. The number of hydrogen-bond acceptors (Lipinski definition) is 2. The first-order chi connectivity index (χ1) is 12.0. The summed E-state index contributed by atoms with van der Waals surface area (Å²) in [6.07, 6.45) is 0.721. The van der Waals surface area contributed by atoms with Crippen LogP contribution < -0.4 is 15.5 Å². The first-order valence-electron chi connectivity index (χ1n) is 7.95. The van der Waals surface area contributed by atoms with Crippen LogP contribution in [0.15, 0.2) is 36.4 Å². The van der Waals surface area contributed by atoms with Crippen molar-refractivity contribution in [3.05, 3.63) is 59.2 Å². The molecule has 0 bridgehead atoms. The molecule has 0 spiro atoms. The minimum Gasteiger partial charge on any atom is -0.338 e. The molecule has 0 saturated heterocycles. The van der Waals surface area contributed by atoms with E-state index < -0.39 is 17.5 Å². The Morgan fingerprint density at radius 1 is 1.20 bits per heavy atom. The number of amides is 3. The van der Waals surface area contributed by atoms with Gasteiger partial charge in [-0.1, -0.05) is 12.1 Å². The molecule has 130 valence electrons. The minimum atomic E-state index is -1.19. The average Bonchev–Trinajstić information content (AvgIpc) is 3.00. The number of nitrogens with one attached hydrogen (secondary N) is 2. The second kappa shape index (κ2) is 6.88. The van der Waals surface area contributed by atoms with Crippen molar-refractivity contribution in [2.24, 2.45) is 0 Å². The van der Waals surface area contributed by atoms with E-state index in [1.165, 1.54) is 12.1 Å². The third kappa shape index (κ3) is 3.31. The molecule has 0 unspecified atom stereocenters. The Morgan fingerprint density at radius 3 is 2.76 bits per heavy atom. The van der Waals surface area contributed by atoms with E-state index in [2.05, 4.69) is 10.6 Å². The largest absolute Gasteiger partial charge is 0.338 e. The van der Waals surface area contributed by atoms with Crippen LogP contribution in [0.1, 0.15) is 22.8 Å². The Hall–Kier alpha value is -2.96. The molecule has 0 aliphatic carbocycles. The molecule has 1 heterocycles. The number of carbonyl (C=O) groups excluding carboxylic acids is 2. The zero-order chi connectivity index (χ0) is 18.0. The number of anilines is 2. The van der Waals surface area contributed by atoms with Crippen molar-refractivity contribution < 1.29 is 18.4 Å². The highest BCUT2D eigenvalue weighted by Crippen LogP contribution is 2.31. The summed E-state index contributed by atoms with van der Waals surface area (Å²) in [5.74, 6) is -3.02. The van der Waals surface area contributed by atoms with Gasteiger partial charge in [0.25, 0.3) is 5.91 Å². The summed E-state index contributed by atoms with van der Waals surface area (Å²) in [7, 11) is 0. The van der Waals surface area contributed by atoms with Gasteiger partial charge in [-0.2, -0.15) is 0 Å². The molecule has 0 saturated carbocycles. The van der Waals surface area contributed by atoms with Gasteiger partial charge in [-0.25, -0.2) is 13.6 Å². The number of benzene rings is 2. The highest BCUT2D eigenvalue weighted by Gasteiger charge is 2.25. The van der Waals surface area contributed by atoms with Gasteiger partial charge < -0.3 is 10.6 Å². The Kier molecular flexibility index (Phi) is 4.65. The lowest BCUT2D eigenvalue weighted by atomic mass is 10.1. The third-order valence-corrected chi connectivity index (χ3v) is 4.01. The van der Waals surface area contributed by atoms with E-state index in [1.807, 2.05) is 13.0 Å². The normalized spacial score (nSPS) is 12.7. The molecule has 2 N–H and O–H groups in total. The van der Waals surface area contributed by atoms with Crippen molar-refractivity contribution in [2.75, 3.05) is 23.3 Å². The summed E-state index contributed by atoms with van der Waals surface area (Å²) in [6.45, 7) is 2.90. The van der Waals surface area contributed by atoms with Gasteiger partial charge >= 0.3 is 6.03 Å². The smallest absolute Gasteiger partial charge is 0.321 e. The fourth-order valence-electron chi connectivity index (χ4n) is 2.79. The van der Waals surface area contributed by atoms with Crippen molar-refractivity contribution in [2.45, 2.75) is 13.3 Å². The van der Waals surface area contributed by atoms with E-state index >= 15 is 0 Å². The molecule has 2 aromatic carbocycles. The molecule has 0 fully saturated rings. The number of urea groups is 1. The van der Waals surface area contributed by atoms with E-state index in [-0.39, 0.29) is 11.6 Å². The molecular weight excluding hydrogens is 328 g/mol. The first-order valence-corrected chi connectivity index (χ1v) is 7.95. The predicted octanol–water partition coefficient (Wildman–Crippen LogP) is 3.31. The third-order valence-electron chi connectivity index (χ3n) is 4.01. The SMILES string of the molecule is CCNC(=O)N1CCc2ccc(NC(=O)c3cccc(F)c3F)cc21. The maximum absolute atomic E-state index is 13.7. The van der Waals surface area contributed by atoms with Crippen molar-refractivity contribution >= 4 is 23.3 Å². The maximum Gasteiger partial charge on any atom is 0.321 e. The first kappa shape index (κ1) is 16.9. The highest BCUT2D eigenvalue weighted by molar-refractivity contribution is 6.05. The number of hydrogen-bond donors (Lipinski definition) is 2. The van der Waals surface area contributed by atoms with Gasteiger partial charge in [0.2, 0.25) is 0 Å². The summed E-state index contributed by atoms with van der Waals surface area (Å²) in [4.78, 5) is 25.9. The van der Waals surface area contributed by atoms with Gasteiger partial charge in [0.05, 0.1) is 11.3 Å². The van der Waals surface area contributed by atoms with Crippen LogP contribution in [0.25, 0.3) is 0 Å². The number of nitrogens with zero attached hydrogens (tertiary/aromatic N) is 1. The molecule has 2 aromatic rings. The molecule has 1 aliphatic heterocycles. The molecule has 3 amide bonds. The second-order valence-corrected chi connectivity index (χ2v) is 5.64. The molecule has 5 nitrogen and oxygen atoms in total. The standard InChI is InChI=1S/C18H17F2N3O2/c1-2-21-18(25)23-9-8-11-6-7-12(10-15(11)23)22-17(24)13-4-3-5-14(19)16(13)20/h3-7,10H,2,8-9H2,1H3,(H,21,25)(H,22,24). The lowest BCUT2D eigenvalue weighted by Gasteiger charge is -2.18. The zero-order valence-electron chi connectivity index (χ0n) is 13.6. The van der Waals surface area contributed by atoms with Crippen LogP contribution in [-0.2, 0) is 6.42 Å². The van der Waals surface area contributed by atoms with Crippen LogP contribution in [-0.4, -0.2) is 25.0 Å². The van der Waals surface area contributed by atoms with Crippen LogP contribution >= 0.6 is 0 Å². The van der Waals surface area contributed by atoms with Crippen molar-refractivity contribution in [1.82, 2.24) is 5.32 Å². The van der Waals surface area contributed by atoms with Crippen molar-refractivity contribution in [1.29, 1.82) is 0 Å². The van der Waals surface area contributed by atoms with Crippen LogP contribution in [0.4, 0.5) is 25.0 Å². The van der Waals surface area contributed by atoms with Gasteiger partial charge in [-0.05, 0) is 43.2 Å². The Morgan fingerprint density at radius 2 is 2.00 bits per heavy atom. The summed E-state index contributed by atoms with van der Waals surface area (Å²) >= 11 is 0. The summed E-state index contributed by atoms with van der Waals surface area (Å²) in [5, 5.41) is 5.28. The van der Waals surface area contributed by atoms with E-state index in [0.717, 1.165) is 18.1 Å². The molecule has 3 rings (SSSR count). The molecule has 25 heavy (non-hydrogen) atoms. The summed E-state index contributed by atoms with van der Waals surface area (Å²) in [6, 6.07) is 8.37. The van der Waals surface area contributed by atoms with Crippen LogP contribution in [0.2, 0.25) is 0 Å². The Balaban J connectivity index is 1.83. The lowest BCUT2D eigenvalue weighted by molar-refractivity contribution is 0.102. The number of fused-ring (bicyclic) bond motifs is 1. The highest BCUT2D eigenvalue weighted by atomic mass is 19.2. The van der Waals surface area contributed by atoms with Gasteiger partial charge in [0.15, 0.2) is 11.6 Å². The number of halogens is 2. The Labute approximate surface area is 143 Å². The van der Waals surface area contributed by atoms with E-state index in [9.17, 15) is 18.4 Å². The predicted molar refractivity (Wildman–Crippen MR) is 90.9 cm³/mol. The van der Waals surface area contributed by atoms with Crippen LogP contribution in [0.5, 0.6) is 0 Å². The fraction of sp³-hybridized carbons (Fsp3) is 0.222. The maximum atomic E-state index is 13.7. The summed E-state index contributed by atoms with van der Waals surface area (Å²) in [5.41, 5.74) is 1.72. The average molecular weight is 345 g/mol. The minimum absolute atomic E-state index is 0.207. The monoisotopic (exact) mass is 345 g/mol. The van der Waals surface area contributed by atoms with Gasteiger partial charge in [-0.3, -0.25) is 9.69 Å². The van der Waals surface area contributed by atoms with Gasteiger partial charge in [-0.15, -0.1) is 0 Å². The number of rotatable bonds is 3. The van der Waals surface area contributed by atoms with Gasteiger partial charge in [0, 0.05) is 18.8 Å². The zero-order valence-corrected chi connectivity index (χ0v) is 13.6. The topological polar surface area (TPSA) is 61.4 Å². The lowest BCUT2D eigenvalue weighted by Crippen LogP contribution is -2.38. The molecular formula is C18H17F2N3O2. The van der Waals surface area contributed by atoms with E-state index in [4.69, 9.17) is 0 Å². The quantitative estimate of drug-likeness (QED) is 0.897. The number of carbonyl (C=O) groups is 2. The molecule has 1 aliphatic rings. The molecule has 0 atom stereocenters. The second-order valence-electron chi connectivity index (χ2n) is 5.64. The fourth-order valence-corrected chi connectivity index (χ4v) is 2.79. The van der Waals surface area contributed by atoms with Crippen molar-refractivity contribution in [3.63, 3.8) is 0 Å². The van der Waals surface area contributed by atoms with Crippen LogP contribution in [0.3, 0.4) is 0 Å². The summed E-state index contributed by atoms with van der Waals surface area (Å²) < 4.78 is 27.0. The molecule has 7 heteroatoms. The van der Waals surface area contributed by atoms with Crippen molar-refractivity contribution in [3.8, 4) is 0 Å². The van der Waals surface area contributed by atoms with Crippen LogP contribution in [0, 0.1) is 11.6 Å². The molecule has 0 radical (unpaired) electrons. The van der Waals surface area contributed by atoms with E-state index in [0.29, 0.717) is 24.5 Å². The van der Waals surface area contributed by atoms with E-state index in [1.54, 1.807) is 17.0 Å². The van der Waals surface area contributed by atoms with Gasteiger partial charge in [0.1, 0.15) is 0 Å². The Bertz CT molecular complexity index is 839.